The van der Waals surface area contributed by atoms with Crippen LogP contribution in [0.15, 0.2) is 18.2 Å². The maximum atomic E-state index is 13.3. The van der Waals surface area contributed by atoms with Gasteiger partial charge in [0, 0.05) is 32.7 Å². The predicted molar refractivity (Wildman–Crippen MR) is 83.8 cm³/mol. The Labute approximate surface area is 131 Å². The fourth-order valence-electron chi connectivity index (χ4n) is 2.53. The van der Waals surface area contributed by atoms with Crippen LogP contribution in [0.2, 0.25) is 0 Å². The second kappa shape index (κ2) is 8.10. The van der Waals surface area contributed by atoms with Gasteiger partial charge in [-0.25, -0.2) is 4.39 Å². The topological polar surface area (TPSA) is 44.8 Å². The number of likely N-dealkylation sites (N-methyl/N-ethyl adjacent to an activating group) is 1. The quantitative estimate of drug-likeness (QED) is 0.802. The molecule has 1 amide bonds. The molecule has 0 saturated carbocycles. The number of benzene rings is 1. The first-order valence-electron chi connectivity index (χ1n) is 7.63. The van der Waals surface area contributed by atoms with Crippen LogP contribution < -0.4 is 10.1 Å². The van der Waals surface area contributed by atoms with Gasteiger partial charge >= 0.3 is 0 Å². The summed E-state index contributed by atoms with van der Waals surface area (Å²) in [6.45, 7) is 5.86. The number of piperazine rings is 1. The van der Waals surface area contributed by atoms with Crippen LogP contribution in [-0.4, -0.2) is 69.1 Å². The van der Waals surface area contributed by atoms with Gasteiger partial charge in [0.15, 0.2) is 0 Å². The zero-order valence-corrected chi connectivity index (χ0v) is 13.3. The summed E-state index contributed by atoms with van der Waals surface area (Å²) in [6.07, 6.45) is 0.882. The van der Waals surface area contributed by atoms with Crippen molar-refractivity contribution in [3.05, 3.63) is 29.6 Å². The number of halogens is 1. The summed E-state index contributed by atoms with van der Waals surface area (Å²) in [5, 5.41) is 2.83. The predicted octanol–water partition coefficient (Wildman–Crippen LogP) is 1.20. The van der Waals surface area contributed by atoms with Crippen molar-refractivity contribution in [1.29, 1.82) is 0 Å². The number of amides is 1. The van der Waals surface area contributed by atoms with Gasteiger partial charge in [0.1, 0.15) is 11.6 Å². The van der Waals surface area contributed by atoms with Crippen LogP contribution in [0.3, 0.4) is 0 Å². The van der Waals surface area contributed by atoms with Crippen molar-refractivity contribution in [3.8, 4) is 5.75 Å². The Morgan fingerprint density at radius 2 is 2.05 bits per heavy atom. The third kappa shape index (κ3) is 4.68. The Morgan fingerprint density at radius 1 is 1.32 bits per heavy atom. The molecule has 1 aromatic carbocycles. The second-order valence-electron chi connectivity index (χ2n) is 5.60. The van der Waals surface area contributed by atoms with E-state index in [-0.39, 0.29) is 11.5 Å². The normalized spacial score (nSPS) is 16.5. The number of hydrogen-bond acceptors (Lipinski definition) is 4. The lowest BCUT2D eigenvalue weighted by atomic mass is 10.2. The molecule has 1 aliphatic rings. The monoisotopic (exact) mass is 309 g/mol. The van der Waals surface area contributed by atoms with Crippen LogP contribution >= 0.6 is 0 Å². The van der Waals surface area contributed by atoms with E-state index in [4.69, 9.17) is 4.74 Å². The van der Waals surface area contributed by atoms with E-state index in [2.05, 4.69) is 22.2 Å². The minimum atomic E-state index is -0.441. The van der Waals surface area contributed by atoms with Gasteiger partial charge in [0.25, 0.3) is 5.91 Å². The third-order valence-electron chi connectivity index (χ3n) is 3.94. The smallest absolute Gasteiger partial charge is 0.255 e. The molecule has 1 heterocycles. The minimum Gasteiger partial charge on any atom is -0.496 e. The summed E-state index contributed by atoms with van der Waals surface area (Å²) in [6, 6.07) is 3.95. The van der Waals surface area contributed by atoms with Gasteiger partial charge in [-0.2, -0.15) is 0 Å². The molecule has 0 spiro atoms. The van der Waals surface area contributed by atoms with E-state index in [1.807, 2.05) is 0 Å². The summed E-state index contributed by atoms with van der Waals surface area (Å²) >= 11 is 0. The number of ether oxygens (including phenoxy) is 1. The van der Waals surface area contributed by atoms with Gasteiger partial charge in [0.05, 0.1) is 12.7 Å². The van der Waals surface area contributed by atoms with Gasteiger partial charge in [0.2, 0.25) is 0 Å². The van der Waals surface area contributed by atoms with Gasteiger partial charge in [-0.05, 0) is 38.2 Å². The maximum Gasteiger partial charge on any atom is 0.255 e. The summed E-state index contributed by atoms with van der Waals surface area (Å²) in [4.78, 5) is 16.8. The largest absolute Gasteiger partial charge is 0.496 e. The Morgan fingerprint density at radius 3 is 2.73 bits per heavy atom. The zero-order valence-electron chi connectivity index (χ0n) is 13.3. The van der Waals surface area contributed by atoms with Crippen LogP contribution in [-0.2, 0) is 0 Å². The van der Waals surface area contributed by atoms with Crippen molar-refractivity contribution >= 4 is 5.91 Å². The van der Waals surface area contributed by atoms with Crippen LogP contribution in [0.5, 0.6) is 5.75 Å². The van der Waals surface area contributed by atoms with Gasteiger partial charge in [-0.15, -0.1) is 0 Å². The van der Waals surface area contributed by atoms with Crippen LogP contribution in [0.4, 0.5) is 4.39 Å². The number of carbonyl (C=O) groups excluding carboxylic acids is 1. The average Bonchev–Trinajstić information content (AvgIpc) is 2.53. The molecule has 1 aliphatic heterocycles. The molecule has 1 saturated heterocycles. The highest BCUT2D eigenvalue weighted by molar-refractivity contribution is 5.96. The van der Waals surface area contributed by atoms with E-state index in [0.29, 0.717) is 12.3 Å². The molecule has 0 unspecified atom stereocenters. The lowest BCUT2D eigenvalue weighted by Crippen LogP contribution is -2.45. The van der Waals surface area contributed by atoms with E-state index in [9.17, 15) is 9.18 Å². The molecule has 0 aromatic heterocycles. The molecule has 2 rings (SSSR count). The molecule has 0 atom stereocenters. The molecule has 22 heavy (non-hydrogen) atoms. The average molecular weight is 309 g/mol. The molecular formula is C16H24FN3O2. The number of carbonyl (C=O) groups is 1. The van der Waals surface area contributed by atoms with E-state index in [1.165, 1.54) is 25.3 Å². The van der Waals surface area contributed by atoms with Crippen molar-refractivity contribution in [2.45, 2.75) is 6.42 Å². The van der Waals surface area contributed by atoms with E-state index >= 15 is 0 Å². The fourth-order valence-corrected chi connectivity index (χ4v) is 2.53. The van der Waals surface area contributed by atoms with Crippen LogP contribution in [0.25, 0.3) is 0 Å². The Hall–Kier alpha value is -1.66. The molecule has 0 bridgehead atoms. The SMILES string of the molecule is COc1ccc(F)cc1C(=O)NCCCN1CCN(C)CC1. The van der Waals surface area contributed by atoms with Crippen LogP contribution in [0, 0.1) is 5.82 Å². The number of rotatable bonds is 6. The van der Waals surface area contributed by atoms with Crippen molar-refractivity contribution in [2.24, 2.45) is 0 Å². The van der Waals surface area contributed by atoms with Gasteiger partial charge in [-0.1, -0.05) is 0 Å². The number of hydrogen-bond donors (Lipinski definition) is 1. The second-order valence-corrected chi connectivity index (χ2v) is 5.60. The molecule has 1 fully saturated rings. The molecule has 122 valence electrons. The molecule has 6 heteroatoms. The third-order valence-corrected chi connectivity index (χ3v) is 3.94. The van der Waals surface area contributed by atoms with Crippen molar-refractivity contribution in [2.75, 3.05) is 53.4 Å². The summed E-state index contributed by atoms with van der Waals surface area (Å²) in [7, 11) is 3.60. The van der Waals surface area contributed by atoms with Crippen molar-refractivity contribution < 1.29 is 13.9 Å². The Kier molecular flexibility index (Phi) is 6.15. The molecule has 0 aliphatic carbocycles. The summed E-state index contributed by atoms with van der Waals surface area (Å²) < 4.78 is 18.4. The standard InChI is InChI=1S/C16H24FN3O2/c1-19-8-10-20(11-9-19)7-3-6-18-16(21)14-12-13(17)4-5-15(14)22-2/h4-5,12H,3,6-11H2,1-2H3,(H,18,21). The number of methoxy groups -OCH3 is 1. The molecule has 5 nitrogen and oxygen atoms in total. The van der Waals surface area contributed by atoms with Gasteiger partial charge in [-0.3, -0.25) is 4.79 Å². The van der Waals surface area contributed by atoms with Gasteiger partial charge < -0.3 is 19.9 Å². The minimum absolute atomic E-state index is 0.238. The highest BCUT2D eigenvalue weighted by atomic mass is 19.1. The maximum absolute atomic E-state index is 13.3. The molecule has 1 aromatic rings. The first-order chi connectivity index (χ1) is 10.6. The number of nitrogens with one attached hydrogen (secondary N) is 1. The fraction of sp³-hybridized carbons (Fsp3) is 0.562. The zero-order chi connectivity index (χ0) is 15.9. The summed E-state index contributed by atoms with van der Waals surface area (Å²) in [5.74, 6) is -0.351. The first kappa shape index (κ1) is 16.7. The van der Waals surface area contributed by atoms with E-state index < -0.39 is 5.82 Å². The lowest BCUT2D eigenvalue weighted by Gasteiger charge is -2.32. The van der Waals surface area contributed by atoms with Crippen LogP contribution in [0.1, 0.15) is 16.8 Å². The lowest BCUT2D eigenvalue weighted by molar-refractivity contribution is 0.0946. The highest BCUT2D eigenvalue weighted by Crippen LogP contribution is 2.18. The molecule has 1 N–H and O–H groups in total. The van der Waals surface area contributed by atoms with Crippen molar-refractivity contribution in [1.82, 2.24) is 15.1 Å². The van der Waals surface area contributed by atoms with Crippen molar-refractivity contribution in [3.63, 3.8) is 0 Å². The number of nitrogens with zero attached hydrogens (tertiary/aromatic N) is 2. The van der Waals surface area contributed by atoms with E-state index in [1.54, 1.807) is 0 Å². The first-order valence-corrected chi connectivity index (χ1v) is 7.63. The Balaban J connectivity index is 1.75. The summed E-state index contributed by atoms with van der Waals surface area (Å²) in [5.41, 5.74) is 0.238. The molecule has 0 radical (unpaired) electrons. The molecular weight excluding hydrogens is 285 g/mol. The van der Waals surface area contributed by atoms with E-state index in [0.717, 1.165) is 39.1 Å². The highest BCUT2D eigenvalue weighted by Gasteiger charge is 2.15. The Bertz CT molecular complexity index is 502.